The van der Waals surface area contributed by atoms with Crippen molar-refractivity contribution in [3.8, 4) is 0 Å². The number of hydrogen-bond acceptors (Lipinski definition) is 5. The fourth-order valence-electron chi connectivity index (χ4n) is 1.18. The minimum Gasteiger partial charge on any atom is -0.395 e. The van der Waals surface area contributed by atoms with Gasteiger partial charge in [-0.05, 0) is 6.92 Å². The molecule has 0 radical (unpaired) electrons. The van der Waals surface area contributed by atoms with Gasteiger partial charge in [0, 0.05) is 26.2 Å². The summed E-state index contributed by atoms with van der Waals surface area (Å²) in [5.41, 5.74) is 0. The molecular weight excluding hydrogens is 186 g/mol. The maximum atomic E-state index is 9.47. The van der Waals surface area contributed by atoms with Crippen LogP contribution in [0.5, 0.6) is 0 Å². The summed E-state index contributed by atoms with van der Waals surface area (Å²) in [6, 6.07) is 0. The van der Waals surface area contributed by atoms with Gasteiger partial charge < -0.3 is 20.1 Å². The molecule has 0 aliphatic carbocycles. The van der Waals surface area contributed by atoms with E-state index in [0.29, 0.717) is 32.8 Å². The second-order valence-corrected chi connectivity index (χ2v) is 3.06. The molecule has 1 unspecified atom stereocenters. The summed E-state index contributed by atoms with van der Waals surface area (Å²) in [7, 11) is 0. The van der Waals surface area contributed by atoms with Gasteiger partial charge in [0.25, 0.3) is 0 Å². The molecule has 5 heteroatoms. The predicted molar refractivity (Wildman–Crippen MR) is 53.1 cm³/mol. The molecule has 0 heterocycles. The van der Waals surface area contributed by atoms with Gasteiger partial charge in [-0.3, -0.25) is 4.90 Å². The average molecular weight is 207 g/mol. The molecule has 0 bridgehead atoms. The lowest BCUT2D eigenvalue weighted by atomic mass is 10.3. The molecule has 0 saturated heterocycles. The fourth-order valence-corrected chi connectivity index (χ4v) is 1.18. The van der Waals surface area contributed by atoms with Gasteiger partial charge in [0.05, 0.1) is 25.9 Å². The Kier molecular flexibility index (Phi) is 9.23. The third kappa shape index (κ3) is 7.23. The number of hydrogen-bond donors (Lipinski definition) is 3. The van der Waals surface area contributed by atoms with E-state index in [1.807, 2.05) is 6.92 Å². The van der Waals surface area contributed by atoms with Crippen LogP contribution in [0.3, 0.4) is 0 Å². The largest absolute Gasteiger partial charge is 0.395 e. The van der Waals surface area contributed by atoms with Crippen LogP contribution in [0.1, 0.15) is 6.92 Å². The van der Waals surface area contributed by atoms with Crippen LogP contribution in [0, 0.1) is 0 Å². The van der Waals surface area contributed by atoms with Gasteiger partial charge in [0.15, 0.2) is 0 Å². The molecule has 14 heavy (non-hydrogen) atoms. The van der Waals surface area contributed by atoms with Crippen molar-refractivity contribution in [2.45, 2.75) is 13.0 Å². The topological polar surface area (TPSA) is 73.2 Å². The zero-order valence-electron chi connectivity index (χ0n) is 8.72. The molecule has 0 saturated carbocycles. The zero-order chi connectivity index (χ0) is 10.8. The van der Waals surface area contributed by atoms with Crippen LogP contribution in [0.25, 0.3) is 0 Å². The first-order chi connectivity index (χ1) is 6.74. The van der Waals surface area contributed by atoms with E-state index in [1.165, 1.54) is 0 Å². The highest BCUT2D eigenvalue weighted by atomic mass is 16.5. The maximum absolute atomic E-state index is 9.47. The van der Waals surface area contributed by atoms with Crippen molar-refractivity contribution in [1.82, 2.24) is 4.90 Å². The molecule has 0 aromatic carbocycles. The van der Waals surface area contributed by atoms with Crippen LogP contribution >= 0.6 is 0 Å². The number of nitrogens with zero attached hydrogens (tertiary/aromatic N) is 1. The van der Waals surface area contributed by atoms with E-state index in [0.717, 1.165) is 0 Å². The maximum Gasteiger partial charge on any atom is 0.0900 e. The van der Waals surface area contributed by atoms with E-state index >= 15 is 0 Å². The first kappa shape index (κ1) is 13.8. The molecule has 0 spiro atoms. The van der Waals surface area contributed by atoms with Crippen molar-refractivity contribution >= 4 is 0 Å². The Labute approximate surface area is 84.9 Å². The molecule has 1 atom stereocenters. The molecular formula is C9H21NO4. The van der Waals surface area contributed by atoms with E-state index in [-0.39, 0.29) is 13.2 Å². The van der Waals surface area contributed by atoms with Gasteiger partial charge in [-0.2, -0.15) is 0 Å². The van der Waals surface area contributed by atoms with Gasteiger partial charge in [0.2, 0.25) is 0 Å². The lowest BCUT2D eigenvalue weighted by molar-refractivity contribution is 0.0154. The van der Waals surface area contributed by atoms with Gasteiger partial charge in [-0.1, -0.05) is 0 Å². The van der Waals surface area contributed by atoms with Crippen LogP contribution in [0.2, 0.25) is 0 Å². The molecule has 0 aliphatic rings. The quantitative estimate of drug-likeness (QED) is 0.437. The summed E-state index contributed by atoms with van der Waals surface area (Å²) < 4.78 is 5.05. The van der Waals surface area contributed by atoms with E-state index in [2.05, 4.69) is 0 Å². The summed E-state index contributed by atoms with van der Waals surface area (Å²) in [6.45, 7) is 4.14. The SMILES string of the molecule is CCOCC(O)CN(CCO)CCO. The fraction of sp³-hybridized carbons (Fsp3) is 1.00. The summed E-state index contributed by atoms with van der Waals surface area (Å²) in [4.78, 5) is 1.80. The van der Waals surface area contributed by atoms with Crippen LogP contribution in [-0.4, -0.2) is 72.4 Å². The Morgan fingerprint density at radius 1 is 1.21 bits per heavy atom. The number of aliphatic hydroxyl groups excluding tert-OH is 3. The van der Waals surface area contributed by atoms with E-state index < -0.39 is 6.10 Å². The molecule has 3 N–H and O–H groups in total. The standard InChI is InChI=1S/C9H21NO4/c1-2-14-8-9(13)7-10(3-5-11)4-6-12/h9,11-13H,2-8H2,1H3. The summed E-state index contributed by atoms with van der Waals surface area (Å²) in [5, 5.41) is 26.9. The highest BCUT2D eigenvalue weighted by molar-refractivity contribution is 4.63. The predicted octanol–water partition coefficient (Wildman–Crippen LogP) is -1.33. The smallest absolute Gasteiger partial charge is 0.0900 e. The monoisotopic (exact) mass is 207 g/mol. The van der Waals surface area contributed by atoms with Crippen molar-refractivity contribution in [1.29, 1.82) is 0 Å². The molecule has 0 fully saturated rings. The molecule has 86 valence electrons. The van der Waals surface area contributed by atoms with Gasteiger partial charge in [0.1, 0.15) is 0 Å². The first-order valence-electron chi connectivity index (χ1n) is 4.94. The molecule has 0 aliphatic heterocycles. The minimum atomic E-state index is -0.562. The number of ether oxygens (including phenoxy) is 1. The van der Waals surface area contributed by atoms with E-state index in [9.17, 15) is 5.11 Å². The molecule has 5 nitrogen and oxygen atoms in total. The summed E-state index contributed by atoms with van der Waals surface area (Å²) in [5.74, 6) is 0. The Balaban J connectivity index is 3.64. The van der Waals surface area contributed by atoms with Crippen molar-refractivity contribution in [2.75, 3.05) is 46.1 Å². The van der Waals surface area contributed by atoms with Crippen LogP contribution in [0.4, 0.5) is 0 Å². The number of aliphatic hydroxyl groups is 3. The molecule has 0 aromatic rings. The highest BCUT2D eigenvalue weighted by Crippen LogP contribution is 1.93. The van der Waals surface area contributed by atoms with Crippen molar-refractivity contribution < 1.29 is 20.1 Å². The van der Waals surface area contributed by atoms with Gasteiger partial charge >= 0.3 is 0 Å². The Bertz CT molecular complexity index is 117. The molecule has 0 amide bonds. The van der Waals surface area contributed by atoms with Crippen LogP contribution in [-0.2, 0) is 4.74 Å². The Morgan fingerprint density at radius 2 is 1.79 bits per heavy atom. The van der Waals surface area contributed by atoms with Crippen LogP contribution < -0.4 is 0 Å². The molecule has 0 aromatic heterocycles. The van der Waals surface area contributed by atoms with Gasteiger partial charge in [-0.15, -0.1) is 0 Å². The first-order valence-corrected chi connectivity index (χ1v) is 4.94. The lowest BCUT2D eigenvalue weighted by Crippen LogP contribution is -2.38. The average Bonchev–Trinajstić information content (AvgIpc) is 2.15. The third-order valence-corrected chi connectivity index (χ3v) is 1.82. The summed E-state index contributed by atoms with van der Waals surface area (Å²) in [6.07, 6.45) is -0.562. The lowest BCUT2D eigenvalue weighted by Gasteiger charge is -2.23. The molecule has 0 rings (SSSR count). The summed E-state index contributed by atoms with van der Waals surface area (Å²) >= 11 is 0. The zero-order valence-corrected chi connectivity index (χ0v) is 8.72. The van der Waals surface area contributed by atoms with Crippen LogP contribution in [0.15, 0.2) is 0 Å². The normalized spacial score (nSPS) is 13.5. The van der Waals surface area contributed by atoms with E-state index in [4.69, 9.17) is 14.9 Å². The Hall–Kier alpha value is -0.200. The highest BCUT2D eigenvalue weighted by Gasteiger charge is 2.10. The third-order valence-electron chi connectivity index (χ3n) is 1.82. The van der Waals surface area contributed by atoms with Crippen molar-refractivity contribution in [3.05, 3.63) is 0 Å². The Morgan fingerprint density at radius 3 is 2.21 bits per heavy atom. The number of rotatable bonds is 9. The second kappa shape index (κ2) is 9.36. The van der Waals surface area contributed by atoms with Crippen molar-refractivity contribution in [2.24, 2.45) is 0 Å². The second-order valence-electron chi connectivity index (χ2n) is 3.06. The van der Waals surface area contributed by atoms with Crippen molar-refractivity contribution in [3.63, 3.8) is 0 Å². The van der Waals surface area contributed by atoms with E-state index in [1.54, 1.807) is 4.90 Å². The van der Waals surface area contributed by atoms with Gasteiger partial charge in [-0.25, -0.2) is 0 Å². The minimum absolute atomic E-state index is 0.0291.